The highest BCUT2D eigenvalue weighted by molar-refractivity contribution is 5.89. The van der Waals surface area contributed by atoms with Gasteiger partial charge in [-0.05, 0) is 37.5 Å². The number of aromatic hydroxyl groups is 1. The van der Waals surface area contributed by atoms with Crippen LogP contribution in [0.15, 0.2) is 36.4 Å². The second kappa shape index (κ2) is 5.45. The number of hydrogen-bond acceptors (Lipinski definition) is 2. The minimum Gasteiger partial charge on any atom is -0.507 e. The molecule has 20 heavy (non-hydrogen) atoms. The van der Waals surface area contributed by atoms with E-state index >= 15 is 0 Å². The Morgan fingerprint density at radius 1 is 1.15 bits per heavy atom. The van der Waals surface area contributed by atoms with Gasteiger partial charge in [-0.1, -0.05) is 43.3 Å². The molecule has 3 atom stereocenters. The van der Waals surface area contributed by atoms with Crippen molar-refractivity contribution in [1.82, 2.24) is 5.32 Å². The lowest BCUT2D eigenvalue weighted by molar-refractivity contribution is 0.424. The Balaban J connectivity index is 1.84. The summed E-state index contributed by atoms with van der Waals surface area (Å²) in [4.78, 5) is 0. The number of fused-ring (bicyclic) bond motifs is 1. The number of benzene rings is 2. The summed E-state index contributed by atoms with van der Waals surface area (Å²) in [6.07, 6.45) is 3.81. The third-order valence-electron chi connectivity index (χ3n) is 4.58. The van der Waals surface area contributed by atoms with Crippen LogP contribution in [0.4, 0.5) is 0 Å². The quantitative estimate of drug-likeness (QED) is 0.866. The Hall–Kier alpha value is -1.54. The lowest BCUT2D eigenvalue weighted by Gasteiger charge is -2.21. The third kappa shape index (κ3) is 2.53. The summed E-state index contributed by atoms with van der Waals surface area (Å²) < 4.78 is 0. The standard InChI is InChI=1S/C18H23NO/c1-12-7-9-15(11-12)19-13(2)16-10-8-14-5-3-4-6-17(14)18(16)20/h3-6,8,10,12-13,15,19-20H,7,9,11H2,1-2H3. The summed E-state index contributed by atoms with van der Waals surface area (Å²) in [7, 11) is 0. The highest BCUT2D eigenvalue weighted by Gasteiger charge is 2.23. The van der Waals surface area contributed by atoms with Crippen molar-refractivity contribution < 1.29 is 5.11 Å². The van der Waals surface area contributed by atoms with E-state index in [1.807, 2.05) is 30.3 Å². The van der Waals surface area contributed by atoms with Gasteiger partial charge in [0.1, 0.15) is 5.75 Å². The first-order valence-electron chi connectivity index (χ1n) is 7.62. The first-order valence-corrected chi connectivity index (χ1v) is 7.62. The van der Waals surface area contributed by atoms with Crippen molar-refractivity contribution in [1.29, 1.82) is 0 Å². The highest BCUT2D eigenvalue weighted by Crippen LogP contribution is 2.34. The van der Waals surface area contributed by atoms with Crippen molar-refractivity contribution in [3.8, 4) is 5.75 Å². The second-order valence-corrected chi connectivity index (χ2v) is 6.23. The summed E-state index contributed by atoms with van der Waals surface area (Å²) in [5.74, 6) is 1.25. The van der Waals surface area contributed by atoms with Gasteiger partial charge in [-0.2, -0.15) is 0 Å². The molecule has 0 amide bonds. The van der Waals surface area contributed by atoms with Gasteiger partial charge in [-0.25, -0.2) is 0 Å². The minimum absolute atomic E-state index is 0.190. The van der Waals surface area contributed by atoms with Gasteiger partial charge in [0, 0.05) is 23.0 Å². The fraction of sp³-hybridized carbons (Fsp3) is 0.444. The van der Waals surface area contributed by atoms with Crippen molar-refractivity contribution >= 4 is 10.8 Å². The molecule has 2 N–H and O–H groups in total. The van der Waals surface area contributed by atoms with E-state index < -0.39 is 0 Å². The van der Waals surface area contributed by atoms with E-state index in [-0.39, 0.29) is 6.04 Å². The summed E-state index contributed by atoms with van der Waals surface area (Å²) in [5, 5.41) is 16.2. The van der Waals surface area contributed by atoms with E-state index in [1.165, 1.54) is 19.3 Å². The smallest absolute Gasteiger partial charge is 0.128 e. The molecule has 0 saturated heterocycles. The maximum Gasteiger partial charge on any atom is 0.128 e. The normalized spacial score (nSPS) is 24.1. The van der Waals surface area contributed by atoms with Crippen LogP contribution in [0, 0.1) is 5.92 Å². The number of phenolic OH excluding ortho intramolecular Hbond substituents is 1. The van der Waals surface area contributed by atoms with Gasteiger partial charge in [0.2, 0.25) is 0 Å². The lowest BCUT2D eigenvalue weighted by atomic mass is 10.00. The molecule has 0 aliphatic heterocycles. The van der Waals surface area contributed by atoms with Crippen LogP contribution in [0.3, 0.4) is 0 Å². The van der Waals surface area contributed by atoms with E-state index in [4.69, 9.17) is 0 Å². The molecule has 2 nitrogen and oxygen atoms in total. The molecular formula is C18H23NO. The van der Waals surface area contributed by atoms with Crippen molar-refractivity contribution in [2.24, 2.45) is 5.92 Å². The van der Waals surface area contributed by atoms with Gasteiger partial charge < -0.3 is 10.4 Å². The van der Waals surface area contributed by atoms with Crippen LogP contribution in [0.25, 0.3) is 10.8 Å². The summed E-state index contributed by atoms with van der Waals surface area (Å²) >= 11 is 0. The largest absolute Gasteiger partial charge is 0.507 e. The van der Waals surface area contributed by atoms with Crippen molar-refractivity contribution in [2.45, 2.75) is 45.2 Å². The van der Waals surface area contributed by atoms with Crippen LogP contribution in [0.2, 0.25) is 0 Å². The topological polar surface area (TPSA) is 32.3 Å². The van der Waals surface area contributed by atoms with Crippen molar-refractivity contribution in [3.05, 3.63) is 42.0 Å². The van der Waals surface area contributed by atoms with Crippen LogP contribution in [0.1, 0.15) is 44.7 Å². The average molecular weight is 269 g/mol. The average Bonchev–Trinajstić information content (AvgIpc) is 2.84. The number of rotatable bonds is 3. The zero-order valence-corrected chi connectivity index (χ0v) is 12.3. The molecule has 0 bridgehead atoms. The first-order chi connectivity index (χ1) is 9.65. The third-order valence-corrected chi connectivity index (χ3v) is 4.58. The van der Waals surface area contributed by atoms with E-state index in [2.05, 4.69) is 25.2 Å². The molecule has 1 saturated carbocycles. The molecule has 0 aromatic heterocycles. The molecule has 3 rings (SSSR count). The molecular weight excluding hydrogens is 246 g/mol. The lowest BCUT2D eigenvalue weighted by Crippen LogP contribution is -2.29. The van der Waals surface area contributed by atoms with Gasteiger partial charge in [0.05, 0.1) is 0 Å². The Kier molecular flexibility index (Phi) is 3.66. The molecule has 3 unspecified atom stereocenters. The molecule has 1 aliphatic rings. The second-order valence-electron chi connectivity index (χ2n) is 6.23. The molecule has 106 valence electrons. The number of hydrogen-bond donors (Lipinski definition) is 2. The molecule has 0 spiro atoms. The summed E-state index contributed by atoms with van der Waals surface area (Å²) in [6.45, 7) is 4.46. The van der Waals surface area contributed by atoms with Crippen molar-refractivity contribution in [3.63, 3.8) is 0 Å². The Labute approximate surface area is 120 Å². The fourth-order valence-corrected chi connectivity index (χ4v) is 3.42. The van der Waals surface area contributed by atoms with Crippen LogP contribution in [-0.2, 0) is 0 Å². The predicted molar refractivity (Wildman–Crippen MR) is 84.0 cm³/mol. The molecule has 2 aromatic rings. The molecule has 1 fully saturated rings. The Morgan fingerprint density at radius 2 is 1.95 bits per heavy atom. The number of nitrogens with one attached hydrogen (secondary N) is 1. The van der Waals surface area contributed by atoms with Gasteiger partial charge in [0.15, 0.2) is 0 Å². The van der Waals surface area contributed by atoms with Crippen molar-refractivity contribution in [2.75, 3.05) is 0 Å². The van der Waals surface area contributed by atoms with Crippen LogP contribution >= 0.6 is 0 Å². The van der Waals surface area contributed by atoms with E-state index in [0.29, 0.717) is 11.8 Å². The SMILES string of the molecule is CC1CCC(NC(C)c2ccc3ccccc3c2O)C1. The van der Waals surface area contributed by atoms with E-state index in [9.17, 15) is 5.11 Å². The van der Waals surface area contributed by atoms with Crippen LogP contribution in [0.5, 0.6) is 5.75 Å². The van der Waals surface area contributed by atoms with Gasteiger partial charge in [-0.15, -0.1) is 0 Å². The van der Waals surface area contributed by atoms with E-state index in [1.54, 1.807) is 0 Å². The molecule has 1 aliphatic carbocycles. The molecule has 0 heterocycles. The van der Waals surface area contributed by atoms with Gasteiger partial charge in [0.25, 0.3) is 0 Å². The molecule has 2 aromatic carbocycles. The fourth-order valence-electron chi connectivity index (χ4n) is 3.42. The first kappa shape index (κ1) is 13.4. The Morgan fingerprint density at radius 3 is 2.70 bits per heavy atom. The maximum absolute atomic E-state index is 10.5. The molecule has 2 heteroatoms. The van der Waals surface area contributed by atoms with Crippen LogP contribution in [-0.4, -0.2) is 11.1 Å². The zero-order valence-electron chi connectivity index (χ0n) is 12.3. The van der Waals surface area contributed by atoms with E-state index in [0.717, 1.165) is 22.3 Å². The maximum atomic E-state index is 10.5. The monoisotopic (exact) mass is 269 g/mol. The molecule has 0 radical (unpaired) electrons. The van der Waals surface area contributed by atoms with Crippen LogP contribution < -0.4 is 5.32 Å². The Bertz CT molecular complexity index is 607. The zero-order chi connectivity index (χ0) is 14.1. The van der Waals surface area contributed by atoms with Gasteiger partial charge in [-0.3, -0.25) is 0 Å². The predicted octanol–water partition coefficient (Wildman–Crippen LogP) is 4.38. The number of phenols is 1. The summed E-state index contributed by atoms with van der Waals surface area (Å²) in [6, 6.07) is 12.9. The van der Waals surface area contributed by atoms with Gasteiger partial charge >= 0.3 is 0 Å². The summed E-state index contributed by atoms with van der Waals surface area (Å²) in [5.41, 5.74) is 1.00. The minimum atomic E-state index is 0.190. The highest BCUT2D eigenvalue weighted by atomic mass is 16.3.